The smallest absolute Gasteiger partial charge is 0.252 e. The molecule has 2 aliphatic heterocycles. The summed E-state index contributed by atoms with van der Waals surface area (Å²) in [6.45, 7) is 28.0. The van der Waals surface area contributed by atoms with Crippen LogP contribution in [0.15, 0.2) is 103 Å². The lowest BCUT2D eigenvalue weighted by Crippen LogP contribution is -2.61. The fraction of sp³-hybridized carbons (Fsp3) is 0.379. The summed E-state index contributed by atoms with van der Waals surface area (Å²) in [5.41, 5.74) is 21.9. The summed E-state index contributed by atoms with van der Waals surface area (Å²) in [6.07, 6.45) is 3.30. The van der Waals surface area contributed by atoms with Crippen LogP contribution in [0.1, 0.15) is 144 Å². The van der Waals surface area contributed by atoms with Crippen LogP contribution in [0.5, 0.6) is 0 Å². The van der Waals surface area contributed by atoms with Crippen LogP contribution >= 0.6 is 0 Å². The molecular formula is C58H65BN2. The molecule has 2 heterocycles. The predicted molar refractivity (Wildman–Crippen MR) is 265 cm³/mol. The van der Waals surface area contributed by atoms with Gasteiger partial charge in [0.2, 0.25) is 0 Å². The molecule has 6 aromatic carbocycles. The van der Waals surface area contributed by atoms with Gasteiger partial charge in [-0.3, -0.25) is 0 Å². The standard InChI is InChI=1S/C58H65BN2/c1-35-26-51-53-52(27-35)61(49-32-43-41(29-37(49)3)55(7,8)24-25-56(43,9)10)50-33-44-42(57(11,12)34-58(44,13)14)31-46(50)59(53)45-30-39(38-18-16-15-17-19-38)20-22-48(45)60(51)47-23-21-40(28-36(47)2)54(4,5)6/h15-23,26-33H,24-25,34H2,1-14H3/i1D3. The SMILES string of the molecule is [2H]C([2H])([2H])c1cc2c3c(c1)N(c1cc4c(cc1C)C(C)(C)CCC4(C)C)c1cc4c(cc1B3c1cc(-c3ccccc3)ccc1N2c1ccc(C(C)(C)C)cc1C)C(C)(C)CC4(C)C. The number of hydrogen-bond donors (Lipinski definition) is 0. The first-order valence-corrected chi connectivity index (χ1v) is 22.7. The van der Waals surface area contributed by atoms with Gasteiger partial charge in [0.25, 0.3) is 6.71 Å². The highest BCUT2D eigenvalue weighted by molar-refractivity contribution is 7.00. The number of aryl methyl sites for hydroxylation is 3. The van der Waals surface area contributed by atoms with Crippen molar-refractivity contribution in [3.63, 3.8) is 0 Å². The number of nitrogens with zero attached hydrogens (tertiary/aromatic N) is 2. The monoisotopic (exact) mass is 804 g/mol. The van der Waals surface area contributed by atoms with Gasteiger partial charge in [0.1, 0.15) is 0 Å². The molecular weight excluding hydrogens is 735 g/mol. The molecule has 0 saturated heterocycles. The number of anilines is 6. The van der Waals surface area contributed by atoms with E-state index in [0.29, 0.717) is 5.56 Å². The third-order valence-corrected chi connectivity index (χ3v) is 15.4. The van der Waals surface area contributed by atoms with Crippen LogP contribution in [0.3, 0.4) is 0 Å². The van der Waals surface area contributed by atoms with Gasteiger partial charge in [0, 0.05) is 38.2 Å². The van der Waals surface area contributed by atoms with Crippen LogP contribution in [0, 0.1) is 20.7 Å². The lowest BCUT2D eigenvalue weighted by atomic mass is 9.33. The molecule has 0 bridgehead atoms. The summed E-state index contributed by atoms with van der Waals surface area (Å²) in [5.74, 6) is 0. The first-order chi connectivity index (χ1) is 29.8. The van der Waals surface area contributed by atoms with Crippen LogP contribution in [-0.2, 0) is 27.1 Å². The predicted octanol–water partition coefficient (Wildman–Crippen LogP) is 14.0. The van der Waals surface area contributed by atoms with Crippen LogP contribution in [0.4, 0.5) is 34.1 Å². The quantitative estimate of drug-likeness (QED) is 0.164. The van der Waals surface area contributed by atoms with Crippen LogP contribution in [0.25, 0.3) is 11.1 Å². The van der Waals surface area contributed by atoms with Crippen molar-refractivity contribution in [3.8, 4) is 11.1 Å². The summed E-state index contributed by atoms with van der Waals surface area (Å²) in [5, 5.41) is 0. The van der Waals surface area contributed by atoms with E-state index in [1.165, 1.54) is 55.4 Å². The second kappa shape index (κ2) is 13.0. The van der Waals surface area contributed by atoms with E-state index in [0.717, 1.165) is 64.4 Å². The van der Waals surface area contributed by atoms with E-state index in [4.69, 9.17) is 4.11 Å². The molecule has 61 heavy (non-hydrogen) atoms. The molecule has 2 aliphatic carbocycles. The average Bonchev–Trinajstić information content (AvgIpc) is 3.40. The van der Waals surface area contributed by atoms with Crippen LogP contribution in [0.2, 0.25) is 0 Å². The lowest BCUT2D eigenvalue weighted by Gasteiger charge is -2.47. The first kappa shape index (κ1) is 36.6. The molecule has 0 unspecified atom stereocenters. The van der Waals surface area contributed by atoms with E-state index in [9.17, 15) is 0 Å². The van der Waals surface area contributed by atoms with Crippen molar-refractivity contribution in [2.24, 2.45) is 0 Å². The maximum absolute atomic E-state index is 9.08. The van der Waals surface area contributed by atoms with E-state index >= 15 is 0 Å². The summed E-state index contributed by atoms with van der Waals surface area (Å²) in [4.78, 5) is 4.89. The van der Waals surface area contributed by atoms with Gasteiger partial charge < -0.3 is 9.80 Å². The Balaban J connectivity index is 1.36. The summed E-state index contributed by atoms with van der Waals surface area (Å²) in [7, 11) is 0. The number of hydrogen-bond acceptors (Lipinski definition) is 2. The largest absolute Gasteiger partial charge is 0.311 e. The van der Waals surface area contributed by atoms with Gasteiger partial charge >= 0.3 is 0 Å². The van der Waals surface area contributed by atoms with Gasteiger partial charge in [-0.25, -0.2) is 0 Å². The Morgan fingerprint density at radius 2 is 1.05 bits per heavy atom. The third-order valence-electron chi connectivity index (χ3n) is 15.4. The van der Waals surface area contributed by atoms with Gasteiger partial charge in [-0.1, -0.05) is 143 Å². The minimum Gasteiger partial charge on any atom is -0.311 e. The molecule has 0 amide bonds. The van der Waals surface area contributed by atoms with Gasteiger partial charge in [0.05, 0.1) is 0 Å². The van der Waals surface area contributed by atoms with Gasteiger partial charge in [-0.15, -0.1) is 0 Å². The highest BCUT2D eigenvalue weighted by Crippen LogP contribution is 2.54. The van der Waals surface area contributed by atoms with Gasteiger partial charge in [0.15, 0.2) is 0 Å². The molecule has 4 aliphatic rings. The Labute approximate surface area is 371 Å². The van der Waals surface area contributed by atoms with Crippen molar-refractivity contribution in [2.75, 3.05) is 9.80 Å². The van der Waals surface area contributed by atoms with E-state index in [1.54, 1.807) is 0 Å². The molecule has 3 heteroatoms. The zero-order valence-electron chi connectivity index (χ0n) is 41.9. The average molecular weight is 804 g/mol. The molecule has 6 aromatic rings. The number of fused-ring (bicyclic) bond motifs is 6. The van der Waals surface area contributed by atoms with Gasteiger partial charge in [-0.2, -0.15) is 0 Å². The highest BCUT2D eigenvalue weighted by atomic mass is 15.2. The molecule has 0 radical (unpaired) electrons. The molecule has 0 atom stereocenters. The molecule has 2 nitrogen and oxygen atoms in total. The fourth-order valence-corrected chi connectivity index (χ4v) is 12.1. The van der Waals surface area contributed by atoms with Crippen LogP contribution in [-0.4, -0.2) is 6.71 Å². The summed E-state index contributed by atoms with van der Waals surface area (Å²) < 4.78 is 27.2. The van der Waals surface area contributed by atoms with Crippen molar-refractivity contribution in [1.29, 1.82) is 0 Å². The Morgan fingerprint density at radius 3 is 1.67 bits per heavy atom. The normalized spacial score (nSPS) is 19.5. The molecule has 310 valence electrons. The maximum atomic E-state index is 9.08. The van der Waals surface area contributed by atoms with Crippen molar-refractivity contribution in [2.45, 2.75) is 143 Å². The first-order valence-electron chi connectivity index (χ1n) is 24.2. The Kier molecular flexibility index (Phi) is 7.81. The fourth-order valence-electron chi connectivity index (χ4n) is 12.1. The minimum atomic E-state index is -2.35. The van der Waals surface area contributed by atoms with Crippen molar-refractivity contribution < 1.29 is 4.11 Å². The third kappa shape index (κ3) is 6.03. The van der Waals surface area contributed by atoms with E-state index in [-0.39, 0.29) is 33.8 Å². The topological polar surface area (TPSA) is 6.48 Å². The Bertz CT molecular complexity index is 2930. The van der Waals surface area contributed by atoms with Crippen molar-refractivity contribution in [3.05, 3.63) is 148 Å². The molecule has 10 rings (SSSR count). The van der Waals surface area contributed by atoms with Crippen molar-refractivity contribution in [1.82, 2.24) is 0 Å². The molecule has 0 N–H and O–H groups in total. The lowest BCUT2D eigenvalue weighted by molar-refractivity contribution is 0.332. The van der Waals surface area contributed by atoms with Crippen LogP contribution < -0.4 is 26.2 Å². The van der Waals surface area contributed by atoms with E-state index < -0.39 is 6.85 Å². The second-order valence-corrected chi connectivity index (χ2v) is 22.8. The Morgan fingerprint density at radius 1 is 0.508 bits per heavy atom. The van der Waals surface area contributed by atoms with E-state index in [2.05, 4.69) is 191 Å². The second-order valence-electron chi connectivity index (χ2n) is 22.8. The summed E-state index contributed by atoms with van der Waals surface area (Å²) in [6, 6.07) is 38.6. The van der Waals surface area contributed by atoms with E-state index in [1.807, 2.05) is 12.1 Å². The number of benzene rings is 6. The highest BCUT2D eigenvalue weighted by Gasteiger charge is 2.49. The Hall–Kier alpha value is -5.02. The molecule has 0 saturated carbocycles. The zero-order chi connectivity index (χ0) is 45.8. The maximum Gasteiger partial charge on any atom is 0.252 e. The molecule has 0 spiro atoms. The number of rotatable bonds is 3. The van der Waals surface area contributed by atoms with Crippen molar-refractivity contribution >= 4 is 57.2 Å². The van der Waals surface area contributed by atoms with Gasteiger partial charge in [-0.05, 0) is 175 Å². The minimum absolute atomic E-state index is 0.0152. The summed E-state index contributed by atoms with van der Waals surface area (Å²) >= 11 is 0. The molecule has 0 fully saturated rings. The molecule has 0 aromatic heterocycles. The zero-order valence-corrected chi connectivity index (χ0v) is 38.9.